The molecule has 0 bridgehead atoms. The van der Waals surface area contributed by atoms with E-state index in [1.54, 1.807) is 0 Å². The van der Waals surface area contributed by atoms with Crippen molar-refractivity contribution in [2.45, 2.75) is 59.5 Å². The number of thiocarbonyl (C=S) groups is 1. The predicted octanol–water partition coefficient (Wildman–Crippen LogP) is 4.05. The average Bonchev–Trinajstić information content (AvgIpc) is 2.79. The molecule has 2 N–H and O–H groups in total. The molecule has 116 valence electrons. The molecule has 4 heteroatoms. The van der Waals surface area contributed by atoms with Crippen LogP contribution in [0.25, 0.3) is 0 Å². The van der Waals surface area contributed by atoms with Gasteiger partial charge in [-0.25, -0.2) is 5.43 Å². The lowest BCUT2D eigenvalue weighted by Gasteiger charge is -2.31. The van der Waals surface area contributed by atoms with Gasteiger partial charge in [0.15, 0.2) is 5.11 Å². The van der Waals surface area contributed by atoms with Crippen LogP contribution in [0.1, 0.15) is 51.2 Å². The third-order valence-electron chi connectivity index (χ3n) is 4.62. The number of rotatable bonds is 5. The third kappa shape index (κ3) is 3.38. The molecule has 1 aliphatic rings. The number of nitrogens with zero attached hydrogens (tertiary/aromatic N) is 1. The number of anilines is 1. The molecule has 0 aromatic heterocycles. The Labute approximate surface area is 134 Å². The van der Waals surface area contributed by atoms with Crippen LogP contribution in [-0.2, 0) is 0 Å². The SMILES string of the molecule is CC[C@@H](C)C[C@@]1(CC)NC(=S)N(c2ccc(C)c(C)c2)N1. The zero-order chi connectivity index (χ0) is 15.6. The molecular weight excluding hydrogens is 278 g/mol. The summed E-state index contributed by atoms with van der Waals surface area (Å²) < 4.78 is 0. The first kappa shape index (κ1) is 16.2. The van der Waals surface area contributed by atoms with Crippen LogP contribution in [0.5, 0.6) is 0 Å². The van der Waals surface area contributed by atoms with E-state index in [-0.39, 0.29) is 5.66 Å². The molecule has 1 aromatic carbocycles. The van der Waals surface area contributed by atoms with Gasteiger partial charge in [-0.1, -0.05) is 33.3 Å². The molecule has 2 atom stereocenters. The van der Waals surface area contributed by atoms with Gasteiger partial charge in [-0.3, -0.25) is 5.01 Å². The summed E-state index contributed by atoms with van der Waals surface area (Å²) in [5.74, 6) is 0.660. The summed E-state index contributed by atoms with van der Waals surface area (Å²) in [5.41, 5.74) is 7.19. The van der Waals surface area contributed by atoms with E-state index in [9.17, 15) is 0 Å². The fourth-order valence-electron chi connectivity index (χ4n) is 2.75. The topological polar surface area (TPSA) is 27.3 Å². The van der Waals surface area contributed by atoms with E-state index in [1.165, 1.54) is 17.5 Å². The Hall–Kier alpha value is -1.13. The summed E-state index contributed by atoms with van der Waals surface area (Å²) in [4.78, 5) is 0. The highest BCUT2D eigenvalue weighted by molar-refractivity contribution is 7.80. The van der Waals surface area contributed by atoms with E-state index >= 15 is 0 Å². The molecule has 21 heavy (non-hydrogen) atoms. The fourth-order valence-corrected chi connectivity index (χ4v) is 3.09. The maximum absolute atomic E-state index is 5.56. The first-order valence-corrected chi connectivity index (χ1v) is 8.29. The molecule has 0 radical (unpaired) electrons. The number of hydrogen-bond donors (Lipinski definition) is 2. The van der Waals surface area contributed by atoms with Crippen molar-refractivity contribution in [3.63, 3.8) is 0 Å². The van der Waals surface area contributed by atoms with Crippen molar-refractivity contribution in [3.8, 4) is 0 Å². The highest BCUT2D eigenvalue weighted by Crippen LogP contribution is 2.28. The molecule has 3 nitrogen and oxygen atoms in total. The summed E-state index contributed by atoms with van der Waals surface area (Å²) in [5, 5.41) is 6.30. The molecule has 0 unspecified atom stereocenters. The zero-order valence-electron chi connectivity index (χ0n) is 13.8. The van der Waals surface area contributed by atoms with E-state index in [0.29, 0.717) is 5.92 Å². The molecule has 1 aliphatic heterocycles. The first-order valence-electron chi connectivity index (χ1n) is 7.88. The van der Waals surface area contributed by atoms with Crippen molar-refractivity contribution in [1.29, 1.82) is 0 Å². The summed E-state index contributed by atoms with van der Waals surface area (Å²) in [6, 6.07) is 6.46. The van der Waals surface area contributed by atoms with E-state index in [2.05, 4.69) is 63.6 Å². The number of nitrogens with one attached hydrogen (secondary N) is 2. The molecule has 0 amide bonds. The number of aryl methyl sites for hydroxylation is 2. The Bertz CT molecular complexity index is 529. The molecule has 0 saturated carbocycles. The van der Waals surface area contributed by atoms with Gasteiger partial charge < -0.3 is 5.32 Å². The predicted molar refractivity (Wildman–Crippen MR) is 94.4 cm³/mol. The third-order valence-corrected chi connectivity index (χ3v) is 4.91. The zero-order valence-corrected chi connectivity index (χ0v) is 14.6. The number of hydrazine groups is 1. The smallest absolute Gasteiger partial charge is 0.189 e. The van der Waals surface area contributed by atoms with Crippen molar-refractivity contribution >= 4 is 23.0 Å². The van der Waals surface area contributed by atoms with Crippen LogP contribution in [-0.4, -0.2) is 10.8 Å². The summed E-state index contributed by atoms with van der Waals surface area (Å²) in [6.07, 6.45) is 3.25. The van der Waals surface area contributed by atoms with Crippen LogP contribution in [0.4, 0.5) is 5.69 Å². The van der Waals surface area contributed by atoms with E-state index in [0.717, 1.165) is 23.6 Å². The van der Waals surface area contributed by atoms with Gasteiger partial charge in [0.05, 0.1) is 5.69 Å². The van der Waals surface area contributed by atoms with Gasteiger partial charge in [0.2, 0.25) is 0 Å². The van der Waals surface area contributed by atoms with Crippen LogP contribution in [0.2, 0.25) is 0 Å². The van der Waals surface area contributed by atoms with Crippen LogP contribution in [0.3, 0.4) is 0 Å². The van der Waals surface area contributed by atoms with Crippen molar-refractivity contribution in [1.82, 2.24) is 10.7 Å². The average molecular weight is 305 g/mol. The monoisotopic (exact) mass is 305 g/mol. The van der Waals surface area contributed by atoms with Gasteiger partial charge in [-0.05, 0) is 68.1 Å². The Morgan fingerprint density at radius 1 is 1.24 bits per heavy atom. The quantitative estimate of drug-likeness (QED) is 0.803. The molecule has 0 spiro atoms. The van der Waals surface area contributed by atoms with Crippen LogP contribution in [0.15, 0.2) is 18.2 Å². The lowest BCUT2D eigenvalue weighted by atomic mass is 9.93. The largest absolute Gasteiger partial charge is 0.342 e. The molecule has 0 aliphatic carbocycles. The van der Waals surface area contributed by atoms with E-state index in [1.807, 2.05) is 5.01 Å². The van der Waals surface area contributed by atoms with Gasteiger partial charge in [-0.2, -0.15) is 0 Å². The molecule has 1 fully saturated rings. The maximum Gasteiger partial charge on any atom is 0.189 e. The van der Waals surface area contributed by atoms with Crippen molar-refractivity contribution < 1.29 is 0 Å². The van der Waals surface area contributed by atoms with Crippen LogP contribution < -0.4 is 15.8 Å². The van der Waals surface area contributed by atoms with Crippen LogP contribution >= 0.6 is 12.2 Å². The van der Waals surface area contributed by atoms with Crippen molar-refractivity contribution in [3.05, 3.63) is 29.3 Å². The molecule has 2 rings (SSSR count). The summed E-state index contributed by atoms with van der Waals surface area (Å²) in [7, 11) is 0. The standard InChI is InChI=1S/C17H27N3S/c1-6-12(3)11-17(7-2)18-16(21)20(19-17)15-9-8-13(4)14(5)10-15/h8-10,12,19H,6-7,11H2,1-5H3,(H,18,21)/t12-,17+/m1/s1. The molecule has 1 heterocycles. The second-order valence-electron chi connectivity index (χ2n) is 6.30. The van der Waals surface area contributed by atoms with Gasteiger partial charge in [0.1, 0.15) is 5.66 Å². The van der Waals surface area contributed by atoms with Crippen molar-refractivity contribution in [2.75, 3.05) is 5.01 Å². The highest BCUT2D eigenvalue weighted by atomic mass is 32.1. The lowest BCUT2D eigenvalue weighted by molar-refractivity contribution is 0.255. The van der Waals surface area contributed by atoms with Gasteiger partial charge in [-0.15, -0.1) is 0 Å². The van der Waals surface area contributed by atoms with Crippen LogP contribution in [0, 0.1) is 19.8 Å². The Morgan fingerprint density at radius 2 is 1.95 bits per heavy atom. The maximum atomic E-state index is 5.56. The second-order valence-corrected chi connectivity index (χ2v) is 6.69. The van der Waals surface area contributed by atoms with Crippen molar-refractivity contribution in [2.24, 2.45) is 5.92 Å². The van der Waals surface area contributed by atoms with E-state index < -0.39 is 0 Å². The van der Waals surface area contributed by atoms with Gasteiger partial charge in [0.25, 0.3) is 0 Å². The van der Waals surface area contributed by atoms with Gasteiger partial charge >= 0.3 is 0 Å². The minimum Gasteiger partial charge on any atom is -0.342 e. The Morgan fingerprint density at radius 3 is 2.52 bits per heavy atom. The molecule has 1 saturated heterocycles. The Kier molecular flexibility index (Phi) is 4.89. The summed E-state index contributed by atoms with van der Waals surface area (Å²) in [6.45, 7) is 11.0. The number of benzene rings is 1. The minimum absolute atomic E-state index is 0.120. The Balaban J connectivity index is 2.23. The minimum atomic E-state index is -0.120. The molecular formula is C17H27N3S. The first-order chi connectivity index (χ1) is 9.90. The number of hydrogen-bond acceptors (Lipinski definition) is 2. The second kappa shape index (κ2) is 6.32. The lowest BCUT2D eigenvalue weighted by Crippen LogP contribution is -2.51. The van der Waals surface area contributed by atoms with E-state index in [4.69, 9.17) is 12.2 Å². The van der Waals surface area contributed by atoms with Gasteiger partial charge in [0, 0.05) is 0 Å². The highest BCUT2D eigenvalue weighted by Gasteiger charge is 2.39. The normalized spacial score (nSPS) is 23.3. The molecule has 1 aromatic rings. The fraction of sp³-hybridized carbons (Fsp3) is 0.588. The summed E-state index contributed by atoms with van der Waals surface area (Å²) >= 11 is 5.56.